The van der Waals surface area contributed by atoms with E-state index in [1.165, 1.54) is 26.2 Å². The van der Waals surface area contributed by atoms with Gasteiger partial charge in [-0.05, 0) is 30.7 Å². The Morgan fingerprint density at radius 3 is 2.24 bits per heavy atom. The van der Waals surface area contributed by atoms with E-state index < -0.39 is 16.0 Å². The van der Waals surface area contributed by atoms with Crippen LogP contribution in [0.3, 0.4) is 0 Å². The molecule has 6 nitrogen and oxygen atoms in total. The van der Waals surface area contributed by atoms with Gasteiger partial charge in [0.25, 0.3) is 0 Å². The zero-order valence-electron chi connectivity index (χ0n) is 14.5. The van der Waals surface area contributed by atoms with Crippen LogP contribution in [0.4, 0.5) is 5.69 Å². The number of rotatable bonds is 7. The lowest BCUT2D eigenvalue weighted by Gasteiger charge is -2.25. The second-order valence-electron chi connectivity index (χ2n) is 5.77. The molecule has 0 aliphatic heterocycles. The summed E-state index contributed by atoms with van der Waals surface area (Å²) in [7, 11) is -0.861. The molecule has 0 aromatic heterocycles. The molecule has 2 aromatic carbocycles. The predicted octanol–water partition coefficient (Wildman–Crippen LogP) is 2.66. The molecule has 0 saturated heterocycles. The van der Waals surface area contributed by atoms with Gasteiger partial charge < -0.3 is 10.0 Å². The molecular weight excluding hydrogens is 340 g/mol. The number of carbonyl (C=O) groups is 1. The van der Waals surface area contributed by atoms with Gasteiger partial charge in [-0.2, -0.15) is 0 Å². The Labute approximate surface area is 148 Å². The molecule has 0 saturated carbocycles. The molecule has 0 radical (unpaired) electrons. The van der Waals surface area contributed by atoms with Crippen molar-refractivity contribution in [1.29, 1.82) is 0 Å². The number of hydrogen-bond acceptors (Lipinski definition) is 4. The molecule has 2 aromatic rings. The minimum absolute atomic E-state index is 0.0271. The van der Waals surface area contributed by atoms with Crippen molar-refractivity contribution in [3.05, 3.63) is 59.7 Å². The van der Waals surface area contributed by atoms with Gasteiger partial charge in [0.2, 0.25) is 10.0 Å². The fraction of sp³-hybridized carbons (Fsp3) is 0.278. The second kappa shape index (κ2) is 7.67. The number of anilines is 1. The molecule has 0 bridgehead atoms. The minimum atomic E-state index is -3.69. The lowest BCUT2D eigenvalue weighted by molar-refractivity contribution is 0.0697. The highest BCUT2D eigenvalue weighted by Gasteiger charge is 2.22. The van der Waals surface area contributed by atoms with Crippen LogP contribution in [0, 0.1) is 0 Å². The van der Waals surface area contributed by atoms with E-state index in [-0.39, 0.29) is 10.5 Å². The Balaban J connectivity index is 2.47. The summed E-state index contributed by atoms with van der Waals surface area (Å²) in [5, 5.41) is 9.57. The number of benzene rings is 2. The van der Waals surface area contributed by atoms with E-state index >= 15 is 0 Å². The normalized spacial score (nSPS) is 11.5. The highest BCUT2D eigenvalue weighted by atomic mass is 32.2. The summed E-state index contributed by atoms with van der Waals surface area (Å²) < 4.78 is 25.6. The Morgan fingerprint density at radius 1 is 1.08 bits per heavy atom. The van der Waals surface area contributed by atoms with Crippen LogP contribution in [0.2, 0.25) is 0 Å². The maximum absolute atomic E-state index is 12.3. The van der Waals surface area contributed by atoms with Gasteiger partial charge in [-0.15, -0.1) is 0 Å². The van der Waals surface area contributed by atoms with Crippen LogP contribution >= 0.6 is 0 Å². The number of hydrogen-bond donors (Lipinski definition) is 1. The van der Waals surface area contributed by atoms with Crippen LogP contribution < -0.4 is 4.90 Å². The average molecular weight is 362 g/mol. The Morgan fingerprint density at radius 2 is 1.72 bits per heavy atom. The number of carboxylic acids is 1. The van der Waals surface area contributed by atoms with Crippen molar-refractivity contribution >= 4 is 21.7 Å². The molecule has 0 aliphatic carbocycles. The zero-order valence-corrected chi connectivity index (χ0v) is 15.3. The van der Waals surface area contributed by atoms with Crippen LogP contribution in [0.5, 0.6) is 0 Å². The van der Waals surface area contributed by atoms with Crippen molar-refractivity contribution in [3.63, 3.8) is 0 Å². The van der Waals surface area contributed by atoms with Gasteiger partial charge in [0.15, 0.2) is 0 Å². The molecule has 0 spiro atoms. The Hall–Kier alpha value is -2.38. The first-order chi connectivity index (χ1) is 11.8. The molecule has 2 rings (SSSR count). The molecule has 0 aliphatic rings. The van der Waals surface area contributed by atoms with Gasteiger partial charge >= 0.3 is 5.97 Å². The third-order valence-electron chi connectivity index (χ3n) is 3.92. The van der Waals surface area contributed by atoms with E-state index in [1.807, 2.05) is 42.2 Å². The summed E-state index contributed by atoms with van der Waals surface area (Å²) in [5.41, 5.74) is 1.52. The molecule has 0 unspecified atom stereocenters. The SMILES string of the molecule is CCN(Cc1ccccc1)c1ccc(S(=O)(=O)N(C)C)cc1C(=O)O. The maximum Gasteiger partial charge on any atom is 0.337 e. The van der Waals surface area contributed by atoms with E-state index in [1.54, 1.807) is 6.07 Å². The molecule has 134 valence electrons. The summed E-state index contributed by atoms with van der Waals surface area (Å²) in [5.74, 6) is -1.16. The van der Waals surface area contributed by atoms with Gasteiger partial charge in [0, 0.05) is 27.2 Å². The summed E-state index contributed by atoms with van der Waals surface area (Å²) in [6.07, 6.45) is 0. The van der Waals surface area contributed by atoms with E-state index in [0.29, 0.717) is 18.8 Å². The summed E-state index contributed by atoms with van der Waals surface area (Å²) in [4.78, 5) is 13.6. The molecule has 0 atom stereocenters. The topological polar surface area (TPSA) is 77.9 Å². The quantitative estimate of drug-likeness (QED) is 0.819. The smallest absolute Gasteiger partial charge is 0.337 e. The number of nitrogens with zero attached hydrogens (tertiary/aromatic N) is 2. The third kappa shape index (κ3) is 4.18. The molecule has 25 heavy (non-hydrogen) atoms. The van der Waals surface area contributed by atoms with Crippen molar-refractivity contribution in [3.8, 4) is 0 Å². The molecule has 0 heterocycles. The standard InChI is InChI=1S/C18H22N2O4S/c1-4-20(13-14-8-6-5-7-9-14)17-11-10-15(12-16(17)18(21)22)25(23,24)19(2)3/h5-12H,4,13H2,1-3H3,(H,21,22). The lowest BCUT2D eigenvalue weighted by atomic mass is 10.1. The van der Waals surface area contributed by atoms with E-state index in [0.717, 1.165) is 9.87 Å². The highest BCUT2D eigenvalue weighted by Crippen LogP contribution is 2.26. The van der Waals surface area contributed by atoms with E-state index in [2.05, 4.69) is 0 Å². The fourth-order valence-electron chi connectivity index (χ4n) is 2.50. The first-order valence-electron chi connectivity index (χ1n) is 7.86. The lowest BCUT2D eigenvalue weighted by Crippen LogP contribution is -2.26. The fourth-order valence-corrected chi connectivity index (χ4v) is 3.43. The van der Waals surface area contributed by atoms with Crippen LogP contribution in [-0.2, 0) is 16.6 Å². The van der Waals surface area contributed by atoms with E-state index in [9.17, 15) is 18.3 Å². The second-order valence-corrected chi connectivity index (χ2v) is 7.92. The first kappa shape index (κ1) is 19.0. The minimum Gasteiger partial charge on any atom is -0.478 e. The van der Waals surface area contributed by atoms with Crippen LogP contribution in [0.15, 0.2) is 53.4 Å². The predicted molar refractivity (Wildman–Crippen MR) is 97.4 cm³/mol. The number of aromatic carboxylic acids is 1. The van der Waals surface area contributed by atoms with Gasteiger partial charge in [-0.25, -0.2) is 17.5 Å². The third-order valence-corrected chi connectivity index (χ3v) is 5.73. The van der Waals surface area contributed by atoms with Crippen molar-refractivity contribution in [2.24, 2.45) is 0 Å². The number of sulfonamides is 1. The Kier molecular flexibility index (Phi) is 5.81. The first-order valence-corrected chi connectivity index (χ1v) is 9.30. The van der Waals surface area contributed by atoms with Crippen molar-refractivity contribution in [1.82, 2.24) is 4.31 Å². The highest BCUT2D eigenvalue weighted by molar-refractivity contribution is 7.89. The number of carboxylic acid groups (broad SMARTS) is 1. The zero-order chi connectivity index (χ0) is 18.6. The average Bonchev–Trinajstić information content (AvgIpc) is 2.59. The van der Waals surface area contributed by atoms with Crippen LogP contribution in [-0.4, -0.2) is 44.4 Å². The van der Waals surface area contributed by atoms with Gasteiger partial charge in [0.05, 0.1) is 16.1 Å². The van der Waals surface area contributed by atoms with Crippen LogP contribution in [0.25, 0.3) is 0 Å². The van der Waals surface area contributed by atoms with Crippen LogP contribution in [0.1, 0.15) is 22.8 Å². The molecular formula is C18H22N2O4S. The molecule has 7 heteroatoms. The van der Waals surface area contributed by atoms with Crippen molar-refractivity contribution in [2.75, 3.05) is 25.5 Å². The molecule has 0 fully saturated rings. The summed E-state index contributed by atoms with van der Waals surface area (Å²) >= 11 is 0. The van der Waals surface area contributed by atoms with Gasteiger partial charge in [0.1, 0.15) is 0 Å². The van der Waals surface area contributed by atoms with Gasteiger partial charge in [-0.1, -0.05) is 30.3 Å². The Bertz CT molecular complexity index is 849. The largest absolute Gasteiger partial charge is 0.478 e. The maximum atomic E-state index is 12.3. The van der Waals surface area contributed by atoms with Gasteiger partial charge in [-0.3, -0.25) is 0 Å². The molecule has 1 N–H and O–H groups in total. The monoisotopic (exact) mass is 362 g/mol. The van der Waals surface area contributed by atoms with Crippen molar-refractivity contribution < 1.29 is 18.3 Å². The van der Waals surface area contributed by atoms with Crippen molar-refractivity contribution in [2.45, 2.75) is 18.4 Å². The van der Waals surface area contributed by atoms with E-state index in [4.69, 9.17) is 0 Å². The summed E-state index contributed by atoms with van der Waals surface area (Å²) in [6.45, 7) is 3.06. The molecule has 0 amide bonds. The summed E-state index contributed by atoms with van der Waals surface area (Å²) in [6, 6.07) is 13.9.